The van der Waals surface area contributed by atoms with E-state index in [-0.39, 0.29) is 29.8 Å². The van der Waals surface area contributed by atoms with Gasteiger partial charge in [0, 0.05) is 0 Å². The van der Waals surface area contributed by atoms with Crippen LogP contribution in [0.25, 0.3) is 0 Å². The van der Waals surface area contributed by atoms with E-state index < -0.39 is 4.92 Å². The lowest BCUT2D eigenvalue weighted by molar-refractivity contribution is -0.385. The van der Waals surface area contributed by atoms with Crippen LogP contribution in [0.2, 0.25) is 0 Å². The van der Waals surface area contributed by atoms with Crippen molar-refractivity contribution in [1.82, 2.24) is 9.97 Å². The van der Waals surface area contributed by atoms with E-state index in [1.54, 1.807) is 12.1 Å². The van der Waals surface area contributed by atoms with Gasteiger partial charge in [0.15, 0.2) is 0 Å². The Kier molecular flexibility index (Phi) is 4.70. The Bertz CT molecular complexity index is 598. The molecule has 0 spiro atoms. The van der Waals surface area contributed by atoms with Crippen molar-refractivity contribution in [3.63, 3.8) is 0 Å². The van der Waals surface area contributed by atoms with E-state index in [1.165, 1.54) is 12.6 Å². The summed E-state index contributed by atoms with van der Waals surface area (Å²) in [5, 5.41) is 14.1. The van der Waals surface area contributed by atoms with Crippen LogP contribution in [0.3, 0.4) is 0 Å². The highest BCUT2D eigenvalue weighted by Crippen LogP contribution is 2.31. The van der Waals surface area contributed by atoms with Gasteiger partial charge in [-0.1, -0.05) is 13.8 Å². The summed E-state index contributed by atoms with van der Waals surface area (Å²) in [5.41, 5.74) is -0.273. The van der Waals surface area contributed by atoms with E-state index in [2.05, 4.69) is 15.3 Å². The molecule has 0 radical (unpaired) electrons. The minimum Gasteiger partial charge on any atom is -0.472 e. The minimum absolute atomic E-state index is 0.0364. The number of anilines is 1. The standard InChI is InChI=1S/C13H16N4O4/c1-9(2)7-21-13-11(17(18)19)12(15-8-16-13)14-6-10-4-3-5-20-10/h3-5,8-9H,6-7H2,1-2H3,(H,14,15,16). The zero-order valence-corrected chi connectivity index (χ0v) is 11.8. The van der Waals surface area contributed by atoms with Crippen molar-refractivity contribution in [2.24, 2.45) is 5.92 Å². The molecule has 0 aromatic carbocycles. The van der Waals surface area contributed by atoms with Gasteiger partial charge < -0.3 is 14.5 Å². The average molecular weight is 292 g/mol. The monoisotopic (exact) mass is 292 g/mol. The average Bonchev–Trinajstić information content (AvgIpc) is 2.95. The van der Waals surface area contributed by atoms with Crippen LogP contribution in [0.4, 0.5) is 11.5 Å². The van der Waals surface area contributed by atoms with Crippen LogP contribution in [0, 0.1) is 16.0 Å². The van der Waals surface area contributed by atoms with Crippen molar-refractivity contribution in [2.45, 2.75) is 20.4 Å². The number of hydrogen-bond acceptors (Lipinski definition) is 7. The van der Waals surface area contributed by atoms with Crippen LogP contribution < -0.4 is 10.1 Å². The number of nitrogens with zero attached hydrogens (tertiary/aromatic N) is 3. The minimum atomic E-state index is -0.555. The van der Waals surface area contributed by atoms with Gasteiger partial charge in [0.05, 0.1) is 24.3 Å². The van der Waals surface area contributed by atoms with Crippen LogP contribution in [0.5, 0.6) is 5.88 Å². The van der Waals surface area contributed by atoms with Crippen LogP contribution in [-0.2, 0) is 6.54 Å². The molecule has 0 bridgehead atoms. The predicted octanol–water partition coefficient (Wildman–Crippen LogP) is 2.62. The highest BCUT2D eigenvalue weighted by molar-refractivity contribution is 5.61. The first-order chi connectivity index (χ1) is 10.1. The summed E-state index contributed by atoms with van der Waals surface area (Å²) in [5.74, 6) is 0.947. The molecule has 21 heavy (non-hydrogen) atoms. The number of rotatable bonds is 7. The topological polar surface area (TPSA) is 103 Å². The van der Waals surface area contributed by atoms with Gasteiger partial charge >= 0.3 is 5.69 Å². The quantitative estimate of drug-likeness (QED) is 0.618. The van der Waals surface area contributed by atoms with Gasteiger partial charge in [0.1, 0.15) is 12.1 Å². The fraction of sp³-hybridized carbons (Fsp3) is 0.385. The van der Waals surface area contributed by atoms with E-state index >= 15 is 0 Å². The second kappa shape index (κ2) is 6.69. The van der Waals surface area contributed by atoms with Gasteiger partial charge in [0.2, 0.25) is 5.82 Å². The van der Waals surface area contributed by atoms with Crippen LogP contribution in [-0.4, -0.2) is 21.5 Å². The first kappa shape index (κ1) is 14.8. The lowest BCUT2D eigenvalue weighted by atomic mass is 10.2. The number of nitrogens with one attached hydrogen (secondary N) is 1. The molecule has 0 unspecified atom stereocenters. The van der Waals surface area contributed by atoms with Gasteiger partial charge in [-0.25, -0.2) is 4.98 Å². The maximum Gasteiger partial charge on any atom is 0.372 e. The number of aromatic nitrogens is 2. The molecule has 1 N–H and O–H groups in total. The Labute approximate surface area is 121 Å². The van der Waals surface area contributed by atoms with Crippen molar-refractivity contribution in [2.75, 3.05) is 11.9 Å². The van der Waals surface area contributed by atoms with Crippen LogP contribution in [0.1, 0.15) is 19.6 Å². The fourth-order valence-corrected chi connectivity index (χ4v) is 1.59. The van der Waals surface area contributed by atoms with Crippen molar-refractivity contribution >= 4 is 11.5 Å². The molecule has 0 aliphatic carbocycles. The molecule has 0 aliphatic rings. The second-order valence-electron chi connectivity index (χ2n) is 4.77. The highest BCUT2D eigenvalue weighted by Gasteiger charge is 2.24. The molecule has 0 aliphatic heterocycles. The summed E-state index contributed by atoms with van der Waals surface area (Å²) in [6.07, 6.45) is 2.76. The summed E-state index contributed by atoms with van der Waals surface area (Å²) < 4.78 is 10.5. The third-order valence-electron chi connectivity index (χ3n) is 2.53. The van der Waals surface area contributed by atoms with Gasteiger partial charge in [-0.3, -0.25) is 10.1 Å². The van der Waals surface area contributed by atoms with Crippen molar-refractivity contribution in [1.29, 1.82) is 0 Å². The number of hydrogen-bond donors (Lipinski definition) is 1. The third kappa shape index (κ3) is 3.91. The first-order valence-electron chi connectivity index (χ1n) is 6.46. The molecular formula is C13H16N4O4. The molecule has 2 aromatic heterocycles. The number of furan rings is 1. The third-order valence-corrected chi connectivity index (χ3v) is 2.53. The molecule has 112 valence electrons. The molecule has 8 heteroatoms. The van der Waals surface area contributed by atoms with E-state index in [0.717, 1.165) is 0 Å². The molecule has 8 nitrogen and oxygen atoms in total. The molecule has 0 atom stereocenters. The maximum atomic E-state index is 11.2. The summed E-state index contributed by atoms with van der Waals surface area (Å²) in [6, 6.07) is 3.50. The molecule has 0 fully saturated rings. The fourth-order valence-electron chi connectivity index (χ4n) is 1.59. The smallest absolute Gasteiger partial charge is 0.372 e. The molecule has 2 aromatic rings. The zero-order chi connectivity index (χ0) is 15.2. The van der Waals surface area contributed by atoms with Gasteiger partial charge in [-0.15, -0.1) is 0 Å². The van der Waals surface area contributed by atoms with Crippen LogP contribution >= 0.6 is 0 Å². The van der Waals surface area contributed by atoms with Crippen molar-refractivity contribution in [3.05, 3.63) is 40.6 Å². The summed E-state index contributed by atoms with van der Waals surface area (Å²) in [7, 11) is 0. The van der Waals surface area contributed by atoms with E-state index in [4.69, 9.17) is 9.15 Å². The Morgan fingerprint density at radius 1 is 1.48 bits per heavy atom. The van der Waals surface area contributed by atoms with Gasteiger partial charge in [-0.05, 0) is 18.1 Å². The van der Waals surface area contributed by atoms with E-state index in [0.29, 0.717) is 12.4 Å². The summed E-state index contributed by atoms with van der Waals surface area (Å²) in [6.45, 7) is 4.52. The number of nitro groups is 1. The van der Waals surface area contributed by atoms with E-state index in [1.807, 2.05) is 13.8 Å². The molecular weight excluding hydrogens is 276 g/mol. The zero-order valence-electron chi connectivity index (χ0n) is 11.8. The largest absolute Gasteiger partial charge is 0.472 e. The normalized spacial score (nSPS) is 10.6. The SMILES string of the molecule is CC(C)COc1ncnc(NCc2ccco2)c1[N+](=O)[O-]. The molecule has 0 saturated heterocycles. The first-order valence-corrected chi connectivity index (χ1v) is 6.46. The van der Waals surface area contributed by atoms with E-state index in [9.17, 15) is 10.1 Å². The summed E-state index contributed by atoms with van der Waals surface area (Å²) in [4.78, 5) is 18.4. The molecule has 2 heterocycles. The predicted molar refractivity (Wildman–Crippen MR) is 75.1 cm³/mol. The lowest BCUT2D eigenvalue weighted by Gasteiger charge is -2.10. The molecule has 2 rings (SSSR count). The van der Waals surface area contributed by atoms with Crippen molar-refractivity contribution in [3.8, 4) is 5.88 Å². The Hall–Kier alpha value is -2.64. The lowest BCUT2D eigenvalue weighted by Crippen LogP contribution is -2.10. The van der Waals surface area contributed by atoms with Gasteiger partial charge in [-0.2, -0.15) is 4.98 Å². The number of ether oxygens (including phenoxy) is 1. The molecule has 0 saturated carbocycles. The maximum absolute atomic E-state index is 11.2. The van der Waals surface area contributed by atoms with Crippen LogP contribution in [0.15, 0.2) is 29.1 Å². The van der Waals surface area contributed by atoms with Gasteiger partial charge in [0.25, 0.3) is 5.88 Å². The Balaban J connectivity index is 2.19. The summed E-state index contributed by atoms with van der Waals surface area (Å²) >= 11 is 0. The Morgan fingerprint density at radius 3 is 2.90 bits per heavy atom. The van der Waals surface area contributed by atoms with Crippen molar-refractivity contribution < 1.29 is 14.1 Å². The Morgan fingerprint density at radius 2 is 2.29 bits per heavy atom. The highest BCUT2D eigenvalue weighted by atomic mass is 16.6. The second-order valence-corrected chi connectivity index (χ2v) is 4.77. The molecule has 0 amide bonds.